The number of aromatic hydroxyl groups is 1. The zero-order valence-electron chi connectivity index (χ0n) is 15.1. The first-order valence-corrected chi connectivity index (χ1v) is 9.37. The van der Waals surface area contributed by atoms with Gasteiger partial charge in [-0.2, -0.15) is 0 Å². The Hall–Kier alpha value is -3.01. The number of rotatable bonds is 6. The summed E-state index contributed by atoms with van der Waals surface area (Å²) in [5.41, 5.74) is 8.61. The monoisotopic (exact) mass is 361 g/mol. The van der Waals surface area contributed by atoms with Crippen LogP contribution in [0.2, 0.25) is 0 Å². The fraction of sp³-hybridized carbons (Fsp3) is 0.261. The van der Waals surface area contributed by atoms with Crippen LogP contribution in [0.1, 0.15) is 41.2 Å². The van der Waals surface area contributed by atoms with Gasteiger partial charge in [0.15, 0.2) is 0 Å². The molecule has 1 aromatic heterocycles. The van der Waals surface area contributed by atoms with E-state index < -0.39 is 5.63 Å². The van der Waals surface area contributed by atoms with Gasteiger partial charge in [0.25, 0.3) is 0 Å². The molecule has 4 nitrogen and oxygen atoms in total. The van der Waals surface area contributed by atoms with Gasteiger partial charge in [0.05, 0.1) is 5.56 Å². The minimum Gasteiger partial charge on any atom is -0.507 e. The van der Waals surface area contributed by atoms with Crippen LogP contribution in [0.5, 0.6) is 5.75 Å². The predicted molar refractivity (Wildman–Crippen MR) is 106 cm³/mol. The molecule has 3 aromatic rings. The molecule has 0 aliphatic heterocycles. The van der Waals surface area contributed by atoms with Gasteiger partial charge in [-0.05, 0) is 48.4 Å². The molecule has 4 rings (SSSR count). The molecule has 27 heavy (non-hydrogen) atoms. The summed E-state index contributed by atoms with van der Waals surface area (Å²) in [6, 6.07) is 19.2. The topological polar surface area (TPSA) is 76.5 Å². The van der Waals surface area contributed by atoms with Gasteiger partial charge in [-0.1, -0.05) is 42.5 Å². The quantitative estimate of drug-likeness (QED) is 0.643. The lowest BCUT2D eigenvalue weighted by molar-refractivity contribution is 0.404. The molecule has 138 valence electrons. The van der Waals surface area contributed by atoms with Crippen molar-refractivity contribution in [2.45, 2.75) is 31.6 Å². The van der Waals surface area contributed by atoms with E-state index in [0.717, 1.165) is 24.8 Å². The zero-order chi connectivity index (χ0) is 18.8. The van der Waals surface area contributed by atoms with E-state index in [9.17, 15) is 9.90 Å². The van der Waals surface area contributed by atoms with Crippen LogP contribution in [0.3, 0.4) is 0 Å². The van der Waals surface area contributed by atoms with Crippen molar-refractivity contribution < 1.29 is 9.52 Å². The van der Waals surface area contributed by atoms with Crippen molar-refractivity contribution in [3.8, 4) is 5.75 Å². The van der Waals surface area contributed by atoms with E-state index in [1.807, 2.05) is 54.6 Å². The Balaban J connectivity index is 1.63. The van der Waals surface area contributed by atoms with Gasteiger partial charge in [-0.15, -0.1) is 0 Å². The van der Waals surface area contributed by atoms with Crippen LogP contribution in [0, 0.1) is 5.92 Å². The second kappa shape index (κ2) is 7.31. The summed E-state index contributed by atoms with van der Waals surface area (Å²) in [6.45, 7) is 0. The molecule has 4 heteroatoms. The average Bonchev–Trinajstić information content (AvgIpc) is 3.49. The van der Waals surface area contributed by atoms with Gasteiger partial charge in [-0.25, -0.2) is 4.79 Å². The fourth-order valence-corrected chi connectivity index (χ4v) is 3.72. The highest BCUT2D eigenvalue weighted by molar-refractivity contribution is 5.47. The van der Waals surface area contributed by atoms with Crippen molar-refractivity contribution in [3.05, 3.63) is 93.5 Å². The lowest BCUT2D eigenvalue weighted by Crippen LogP contribution is -2.17. The first-order valence-electron chi connectivity index (χ1n) is 9.37. The SMILES string of the molecule is Nc1cccc(C(c2c(O)cc(CCc3ccccc3)oc2=O)C2CC2)c1. The van der Waals surface area contributed by atoms with Crippen molar-refractivity contribution in [1.29, 1.82) is 0 Å². The second-order valence-corrected chi connectivity index (χ2v) is 7.27. The molecule has 1 fully saturated rings. The third-order valence-corrected chi connectivity index (χ3v) is 5.19. The first-order chi connectivity index (χ1) is 13.1. The van der Waals surface area contributed by atoms with Crippen molar-refractivity contribution >= 4 is 5.69 Å². The summed E-state index contributed by atoms with van der Waals surface area (Å²) in [4.78, 5) is 12.7. The fourth-order valence-electron chi connectivity index (χ4n) is 3.72. The minimum atomic E-state index is -0.447. The third-order valence-electron chi connectivity index (χ3n) is 5.19. The third kappa shape index (κ3) is 3.90. The Morgan fingerprint density at radius 1 is 1.04 bits per heavy atom. The number of aryl methyl sites for hydroxylation is 2. The molecular formula is C23H23NO3. The van der Waals surface area contributed by atoms with Gasteiger partial charge >= 0.3 is 5.63 Å². The van der Waals surface area contributed by atoms with Gasteiger partial charge in [-0.3, -0.25) is 0 Å². The number of hydrogen-bond donors (Lipinski definition) is 2. The minimum absolute atomic E-state index is 0.0219. The molecule has 3 N–H and O–H groups in total. The molecule has 0 radical (unpaired) electrons. The summed E-state index contributed by atoms with van der Waals surface area (Å²) < 4.78 is 5.57. The normalized spacial score (nSPS) is 14.8. The Labute approximate surface area is 158 Å². The molecule has 0 amide bonds. The molecule has 2 aromatic carbocycles. The van der Waals surface area contributed by atoms with E-state index in [1.54, 1.807) is 6.07 Å². The maximum atomic E-state index is 12.7. The Morgan fingerprint density at radius 3 is 2.48 bits per heavy atom. The van der Waals surface area contributed by atoms with Gasteiger partial charge in [0.2, 0.25) is 0 Å². The molecule has 1 saturated carbocycles. The predicted octanol–water partition coefficient (Wildman–Crippen LogP) is 4.25. The number of hydrogen-bond acceptors (Lipinski definition) is 4. The molecule has 1 unspecified atom stereocenters. The maximum absolute atomic E-state index is 12.7. The van der Waals surface area contributed by atoms with E-state index in [4.69, 9.17) is 10.2 Å². The Bertz CT molecular complexity index is 990. The summed E-state index contributed by atoms with van der Waals surface area (Å²) in [5, 5.41) is 10.7. The van der Waals surface area contributed by atoms with Crippen molar-refractivity contribution in [3.63, 3.8) is 0 Å². The standard InChI is InChI=1S/C23H23NO3/c24-18-8-4-7-17(13-18)21(16-10-11-16)22-20(25)14-19(27-23(22)26)12-9-15-5-2-1-3-6-15/h1-8,13-14,16,21,25H,9-12,24H2. The number of anilines is 1. The number of nitrogen functional groups attached to an aromatic ring is 1. The average molecular weight is 361 g/mol. The van der Waals surface area contributed by atoms with Gasteiger partial charge < -0.3 is 15.3 Å². The summed E-state index contributed by atoms with van der Waals surface area (Å²) >= 11 is 0. The molecule has 0 saturated heterocycles. The summed E-state index contributed by atoms with van der Waals surface area (Å²) in [5.74, 6) is 0.699. The van der Waals surface area contributed by atoms with Crippen LogP contribution in [0.4, 0.5) is 5.69 Å². The molecule has 0 bridgehead atoms. The van der Waals surface area contributed by atoms with Crippen LogP contribution < -0.4 is 11.4 Å². The Morgan fingerprint density at radius 2 is 1.81 bits per heavy atom. The molecule has 1 aliphatic carbocycles. The zero-order valence-corrected chi connectivity index (χ0v) is 15.1. The van der Waals surface area contributed by atoms with Gasteiger partial charge in [0, 0.05) is 24.1 Å². The molecular weight excluding hydrogens is 338 g/mol. The van der Waals surface area contributed by atoms with Crippen LogP contribution in [-0.2, 0) is 12.8 Å². The van der Waals surface area contributed by atoms with E-state index in [1.165, 1.54) is 5.56 Å². The van der Waals surface area contributed by atoms with E-state index in [2.05, 4.69) is 0 Å². The van der Waals surface area contributed by atoms with Crippen molar-refractivity contribution in [2.75, 3.05) is 5.73 Å². The Kier molecular flexibility index (Phi) is 4.71. The highest BCUT2D eigenvalue weighted by Gasteiger charge is 2.37. The van der Waals surface area contributed by atoms with E-state index in [0.29, 0.717) is 29.3 Å². The highest BCUT2D eigenvalue weighted by Crippen LogP contribution is 2.47. The number of nitrogens with two attached hydrogens (primary N) is 1. The molecule has 1 atom stereocenters. The van der Waals surface area contributed by atoms with Gasteiger partial charge in [0.1, 0.15) is 11.5 Å². The largest absolute Gasteiger partial charge is 0.507 e. The number of benzene rings is 2. The van der Waals surface area contributed by atoms with Crippen LogP contribution >= 0.6 is 0 Å². The second-order valence-electron chi connectivity index (χ2n) is 7.27. The molecule has 0 spiro atoms. The van der Waals surface area contributed by atoms with Crippen LogP contribution in [0.15, 0.2) is 69.9 Å². The van der Waals surface area contributed by atoms with Crippen LogP contribution in [0.25, 0.3) is 0 Å². The summed E-state index contributed by atoms with van der Waals surface area (Å²) in [6.07, 6.45) is 3.39. The van der Waals surface area contributed by atoms with E-state index in [-0.39, 0.29) is 11.7 Å². The maximum Gasteiger partial charge on any atom is 0.343 e. The molecule has 1 aliphatic rings. The lowest BCUT2D eigenvalue weighted by Gasteiger charge is -2.18. The smallest absolute Gasteiger partial charge is 0.343 e. The molecule has 1 heterocycles. The van der Waals surface area contributed by atoms with E-state index >= 15 is 0 Å². The lowest BCUT2D eigenvalue weighted by atomic mass is 9.87. The first kappa shape index (κ1) is 17.4. The van der Waals surface area contributed by atoms with Crippen LogP contribution in [-0.4, -0.2) is 5.11 Å². The van der Waals surface area contributed by atoms with Crippen molar-refractivity contribution in [1.82, 2.24) is 0 Å². The highest BCUT2D eigenvalue weighted by atomic mass is 16.4. The summed E-state index contributed by atoms with van der Waals surface area (Å²) in [7, 11) is 0. The van der Waals surface area contributed by atoms with Crippen molar-refractivity contribution in [2.24, 2.45) is 5.92 Å².